The number of halogens is 2. The van der Waals surface area contributed by atoms with Gasteiger partial charge in [0, 0.05) is 17.6 Å². The topological polar surface area (TPSA) is 20.3 Å². The summed E-state index contributed by atoms with van der Waals surface area (Å²) in [5.74, 6) is -0.286. The maximum absolute atomic E-state index is 13.7. The Morgan fingerprint density at radius 2 is 2.11 bits per heavy atom. The summed E-state index contributed by atoms with van der Waals surface area (Å²) in [5, 5.41) is 0. The smallest absolute Gasteiger partial charge is 0.256 e. The van der Waals surface area contributed by atoms with Crippen LogP contribution in [0.4, 0.5) is 4.39 Å². The van der Waals surface area contributed by atoms with Crippen molar-refractivity contribution in [1.82, 2.24) is 4.90 Å². The first kappa shape index (κ1) is 15.2. The number of hydrogen-bond acceptors (Lipinski definition) is 1. The number of rotatable bonds is 5. The van der Waals surface area contributed by atoms with Gasteiger partial charge in [-0.3, -0.25) is 4.79 Å². The third-order valence-electron chi connectivity index (χ3n) is 3.06. The lowest BCUT2D eigenvalue weighted by molar-refractivity contribution is 0.0736. The van der Waals surface area contributed by atoms with Crippen molar-refractivity contribution in [1.29, 1.82) is 0 Å². The van der Waals surface area contributed by atoms with Crippen LogP contribution in [0.5, 0.6) is 0 Å². The van der Waals surface area contributed by atoms with Gasteiger partial charge in [-0.15, -0.1) is 0 Å². The van der Waals surface area contributed by atoms with Gasteiger partial charge >= 0.3 is 0 Å². The summed E-state index contributed by atoms with van der Waals surface area (Å²) < 4.78 is 14.4. The first-order valence-electron chi connectivity index (χ1n) is 6.23. The van der Waals surface area contributed by atoms with Crippen LogP contribution < -0.4 is 0 Å². The molecule has 0 saturated heterocycles. The van der Waals surface area contributed by atoms with Crippen LogP contribution in [0, 0.1) is 11.7 Å². The second kappa shape index (κ2) is 6.88. The average molecular weight is 316 g/mol. The van der Waals surface area contributed by atoms with Crippen molar-refractivity contribution in [3.63, 3.8) is 0 Å². The molecule has 0 aliphatic rings. The molecular formula is C14H19BrFNO. The molecule has 0 aliphatic carbocycles. The second-order valence-corrected chi connectivity index (χ2v) is 5.40. The van der Waals surface area contributed by atoms with E-state index in [4.69, 9.17) is 0 Å². The van der Waals surface area contributed by atoms with Gasteiger partial charge < -0.3 is 4.90 Å². The van der Waals surface area contributed by atoms with Gasteiger partial charge in [-0.1, -0.05) is 36.2 Å². The molecule has 2 nitrogen and oxygen atoms in total. The summed E-state index contributed by atoms with van der Waals surface area (Å²) in [7, 11) is 0. The second-order valence-electron chi connectivity index (χ2n) is 4.48. The van der Waals surface area contributed by atoms with Crippen LogP contribution in [-0.4, -0.2) is 23.9 Å². The molecule has 0 heterocycles. The van der Waals surface area contributed by atoms with E-state index in [1.54, 1.807) is 11.0 Å². The number of hydrogen-bond donors (Lipinski definition) is 0. The first-order chi connectivity index (χ1) is 8.49. The Morgan fingerprint density at radius 1 is 1.44 bits per heavy atom. The summed E-state index contributed by atoms with van der Waals surface area (Å²) in [6, 6.07) is 4.45. The lowest BCUT2D eigenvalue weighted by atomic mass is 10.1. The third kappa shape index (κ3) is 3.80. The van der Waals surface area contributed by atoms with Crippen molar-refractivity contribution in [2.24, 2.45) is 5.92 Å². The SMILES string of the molecule is CCC(C)CN(CC)C(=O)c1cc(Br)ccc1F. The number of nitrogens with zero attached hydrogens (tertiary/aromatic N) is 1. The lowest BCUT2D eigenvalue weighted by Gasteiger charge is -2.24. The predicted molar refractivity (Wildman–Crippen MR) is 75.1 cm³/mol. The van der Waals surface area contributed by atoms with Gasteiger partial charge in [0.15, 0.2) is 0 Å². The van der Waals surface area contributed by atoms with Crippen molar-refractivity contribution in [2.75, 3.05) is 13.1 Å². The molecule has 1 atom stereocenters. The fourth-order valence-electron chi connectivity index (χ4n) is 1.69. The molecule has 0 saturated carbocycles. The van der Waals surface area contributed by atoms with Crippen LogP contribution in [0.2, 0.25) is 0 Å². The minimum absolute atomic E-state index is 0.134. The van der Waals surface area contributed by atoms with Gasteiger partial charge in [0.05, 0.1) is 5.56 Å². The van der Waals surface area contributed by atoms with E-state index >= 15 is 0 Å². The molecule has 0 aromatic heterocycles. The Kier molecular flexibility index (Phi) is 5.79. The summed E-state index contributed by atoms with van der Waals surface area (Å²) in [4.78, 5) is 14.0. The van der Waals surface area contributed by atoms with Crippen LogP contribution >= 0.6 is 15.9 Å². The van der Waals surface area contributed by atoms with E-state index in [1.165, 1.54) is 12.1 Å². The lowest BCUT2D eigenvalue weighted by Crippen LogP contribution is -2.35. The van der Waals surface area contributed by atoms with Gasteiger partial charge in [0.2, 0.25) is 0 Å². The number of amides is 1. The molecule has 4 heteroatoms. The summed E-state index contributed by atoms with van der Waals surface area (Å²) in [6.45, 7) is 7.35. The molecule has 1 rings (SSSR count). The summed E-state index contributed by atoms with van der Waals surface area (Å²) in [5.41, 5.74) is 0.134. The standard InChI is InChI=1S/C14H19BrFNO/c1-4-10(3)9-17(5-2)14(18)12-8-11(15)6-7-13(12)16/h6-8,10H,4-5,9H2,1-3H3. The molecule has 0 bridgehead atoms. The normalized spacial score (nSPS) is 12.3. The molecule has 0 aliphatic heterocycles. The minimum Gasteiger partial charge on any atom is -0.339 e. The Bertz CT molecular complexity index is 422. The molecule has 0 fully saturated rings. The van der Waals surface area contributed by atoms with Crippen molar-refractivity contribution < 1.29 is 9.18 Å². The molecule has 1 unspecified atom stereocenters. The van der Waals surface area contributed by atoms with Crippen LogP contribution in [0.3, 0.4) is 0 Å². The Morgan fingerprint density at radius 3 is 2.67 bits per heavy atom. The average Bonchev–Trinajstić information content (AvgIpc) is 2.37. The van der Waals surface area contributed by atoms with E-state index < -0.39 is 5.82 Å². The maximum Gasteiger partial charge on any atom is 0.256 e. The van der Waals surface area contributed by atoms with Crippen LogP contribution in [0.15, 0.2) is 22.7 Å². The van der Waals surface area contributed by atoms with Gasteiger partial charge in [-0.2, -0.15) is 0 Å². The fraction of sp³-hybridized carbons (Fsp3) is 0.500. The molecular weight excluding hydrogens is 297 g/mol. The molecule has 100 valence electrons. The first-order valence-corrected chi connectivity index (χ1v) is 7.03. The van der Waals surface area contributed by atoms with E-state index in [9.17, 15) is 9.18 Å². The highest BCUT2D eigenvalue weighted by molar-refractivity contribution is 9.10. The summed E-state index contributed by atoms with van der Waals surface area (Å²) in [6.07, 6.45) is 1.00. The maximum atomic E-state index is 13.7. The van der Waals surface area contributed by atoms with Gasteiger partial charge in [-0.25, -0.2) is 4.39 Å². The Labute approximate surface area is 116 Å². The molecule has 18 heavy (non-hydrogen) atoms. The Balaban J connectivity index is 2.92. The van der Waals surface area contributed by atoms with E-state index in [0.29, 0.717) is 23.5 Å². The minimum atomic E-state index is -0.467. The quantitative estimate of drug-likeness (QED) is 0.801. The monoisotopic (exact) mass is 315 g/mol. The van der Waals surface area contributed by atoms with Crippen LogP contribution in [0.25, 0.3) is 0 Å². The highest BCUT2D eigenvalue weighted by Crippen LogP contribution is 2.18. The van der Waals surface area contributed by atoms with Crippen molar-refractivity contribution >= 4 is 21.8 Å². The van der Waals surface area contributed by atoms with Gasteiger partial charge in [0.1, 0.15) is 5.82 Å². The van der Waals surface area contributed by atoms with Crippen LogP contribution in [0.1, 0.15) is 37.6 Å². The van der Waals surface area contributed by atoms with Crippen LogP contribution in [-0.2, 0) is 0 Å². The zero-order valence-electron chi connectivity index (χ0n) is 11.0. The molecule has 0 N–H and O–H groups in total. The number of carbonyl (C=O) groups is 1. The van der Waals surface area contributed by atoms with Crippen molar-refractivity contribution in [2.45, 2.75) is 27.2 Å². The number of benzene rings is 1. The highest BCUT2D eigenvalue weighted by atomic mass is 79.9. The molecule has 1 amide bonds. The summed E-state index contributed by atoms with van der Waals surface area (Å²) >= 11 is 3.26. The van der Waals surface area contributed by atoms with Crippen molar-refractivity contribution in [3.8, 4) is 0 Å². The third-order valence-corrected chi connectivity index (χ3v) is 3.55. The zero-order chi connectivity index (χ0) is 13.7. The van der Waals surface area contributed by atoms with E-state index in [0.717, 1.165) is 6.42 Å². The van der Waals surface area contributed by atoms with E-state index in [1.807, 2.05) is 6.92 Å². The van der Waals surface area contributed by atoms with E-state index in [2.05, 4.69) is 29.8 Å². The van der Waals surface area contributed by atoms with E-state index in [-0.39, 0.29) is 11.5 Å². The zero-order valence-corrected chi connectivity index (χ0v) is 12.6. The number of carbonyl (C=O) groups excluding carboxylic acids is 1. The molecule has 1 aromatic carbocycles. The van der Waals surface area contributed by atoms with Gasteiger partial charge in [-0.05, 0) is 31.0 Å². The molecule has 1 aromatic rings. The largest absolute Gasteiger partial charge is 0.339 e. The highest BCUT2D eigenvalue weighted by Gasteiger charge is 2.19. The van der Waals surface area contributed by atoms with Gasteiger partial charge in [0.25, 0.3) is 5.91 Å². The van der Waals surface area contributed by atoms with Crippen molar-refractivity contribution in [3.05, 3.63) is 34.1 Å². The predicted octanol–water partition coefficient (Wildman–Crippen LogP) is 4.10. The Hall–Kier alpha value is -0.900. The molecule has 0 spiro atoms. The fourth-order valence-corrected chi connectivity index (χ4v) is 2.05. The molecule has 0 radical (unpaired) electrons.